The molecule has 0 aliphatic heterocycles. The Labute approximate surface area is 124 Å². The number of halogens is 1. The van der Waals surface area contributed by atoms with E-state index in [0.717, 1.165) is 32.2 Å². The number of aliphatic hydroxyl groups is 1. The Morgan fingerprint density at radius 3 is 2.65 bits per heavy atom. The molecular weight excluding hydrogens is 276 g/mol. The highest BCUT2D eigenvalue weighted by atomic mass is 35.5. The largest absolute Gasteiger partial charge is 0.393 e. The lowest BCUT2D eigenvalue weighted by atomic mass is 9.87. The van der Waals surface area contributed by atoms with E-state index in [0.29, 0.717) is 16.6 Å². The molecule has 20 heavy (non-hydrogen) atoms. The van der Waals surface area contributed by atoms with Gasteiger partial charge in [0.15, 0.2) is 0 Å². The molecule has 110 valence electrons. The lowest BCUT2D eigenvalue weighted by Gasteiger charge is -2.25. The van der Waals surface area contributed by atoms with Crippen LogP contribution in [-0.2, 0) is 4.79 Å². The van der Waals surface area contributed by atoms with Crippen molar-refractivity contribution >= 4 is 23.2 Å². The van der Waals surface area contributed by atoms with Gasteiger partial charge >= 0.3 is 0 Å². The summed E-state index contributed by atoms with van der Waals surface area (Å²) in [6.45, 7) is 1.10. The molecule has 0 spiro atoms. The first-order valence-electron chi connectivity index (χ1n) is 7.08. The van der Waals surface area contributed by atoms with Crippen LogP contribution in [0, 0.1) is 5.92 Å². The highest BCUT2D eigenvalue weighted by Gasteiger charge is 2.19. The van der Waals surface area contributed by atoms with Crippen LogP contribution >= 0.6 is 11.6 Å². The van der Waals surface area contributed by atoms with Crippen molar-refractivity contribution < 1.29 is 9.90 Å². The first-order chi connectivity index (χ1) is 9.65. The monoisotopic (exact) mass is 296 g/mol. The molecule has 1 amide bonds. The van der Waals surface area contributed by atoms with Crippen LogP contribution < -0.4 is 10.6 Å². The second-order valence-electron chi connectivity index (χ2n) is 5.33. The number of aliphatic hydroxyl groups excluding tert-OH is 1. The molecule has 1 aliphatic rings. The number of hydrogen-bond acceptors (Lipinski definition) is 3. The van der Waals surface area contributed by atoms with Crippen molar-refractivity contribution in [2.45, 2.75) is 31.8 Å². The van der Waals surface area contributed by atoms with Crippen molar-refractivity contribution in [3.8, 4) is 0 Å². The number of carbonyl (C=O) groups is 1. The molecular formula is C15H21ClN2O2. The molecule has 5 heteroatoms. The molecule has 0 radical (unpaired) electrons. The fourth-order valence-electron chi connectivity index (χ4n) is 2.50. The van der Waals surface area contributed by atoms with E-state index in [1.165, 1.54) is 0 Å². The number of benzene rings is 1. The van der Waals surface area contributed by atoms with E-state index in [1.54, 1.807) is 12.1 Å². The Morgan fingerprint density at radius 2 is 1.95 bits per heavy atom. The summed E-state index contributed by atoms with van der Waals surface area (Å²) in [5.41, 5.74) is 0.641. The maximum absolute atomic E-state index is 11.8. The molecule has 1 aliphatic carbocycles. The minimum Gasteiger partial charge on any atom is -0.393 e. The summed E-state index contributed by atoms with van der Waals surface area (Å²) in [7, 11) is 0. The smallest absolute Gasteiger partial charge is 0.238 e. The van der Waals surface area contributed by atoms with Gasteiger partial charge in [-0.2, -0.15) is 0 Å². The third-order valence-electron chi connectivity index (χ3n) is 3.68. The van der Waals surface area contributed by atoms with Crippen molar-refractivity contribution in [2.75, 3.05) is 18.4 Å². The van der Waals surface area contributed by atoms with Gasteiger partial charge in [-0.05, 0) is 50.3 Å². The zero-order chi connectivity index (χ0) is 14.4. The number of hydrogen-bond donors (Lipinski definition) is 3. The fraction of sp³-hybridized carbons (Fsp3) is 0.533. The van der Waals surface area contributed by atoms with Crippen LogP contribution in [0.15, 0.2) is 24.3 Å². The van der Waals surface area contributed by atoms with E-state index in [1.807, 2.05) is 12.1 Å². The van der Waals surface area contributed by atoms with Gasteiger partial charge in [-0.1, -0.05) is 23.7 Å². The van der Waals surface area contributed by atoms with Crippen LogP contribution in [0.4, 0.5) is 5.69 Å². The zero-order valence-electron chi connectivity index (χ0n) is 11.4. The van der Waals surface area contributed by atoms with E-state index in [2.05, 4.69) is 10.6 Å². The van der Waals surface area contributed by atoms with Gasteiger partial charge in [-0.3, -0.25) is 4.79 Å². The summed E-state index contributed by atoms with van der Waals surface area (Å²) in [5, 5.41) is 15.9. The van der Waals surface area contributed by atoms with E-state index in [-0.39, 0.29) is 18.6 Å². The average molecular weight is 297 g/mol. The van der Waals surface area contributed by atoms with Gasteiger partial charge in [0.25, 0.3) is 0 Å². The highest BCUT2D eigenvalue weighted by molar-refractivity contribution is 6.33. The summed E-state index contributed by atoms with van der Waals surface area (Å²) in [5.74, 6) is 0.473. The van der Waals surface area contributed by atoms with Gasteiger partial charge in [0.1, 0.15) is 0 Å². The van der Waals surface area contributed by atoms with Gasteiger partial charge in [0.05, 0.1) is 23.4 Å². The van der Waals surface area contributed by atoms with Crippen molar-refractivity contribution in [1.82, 2.24) is 5.32 Å². The second kappa shape index (κ2) is 7.62. The Balaban J connectivity index is 1.67. The van der Waals surface area contributed by atoms with Gasteiger partial charge in [-0.15, -0.1) is 0 Å². The second-order valence-corrected chi connectivity index (χ2v) is 5.74. The maximum Gasteiger partial charge on any atom is 0.238 e. The summed E-state index contributed by atoms with van der Waals surface area (Å²) < 4.78 is 0. The summed E-state index contributed by atoms with van der Waals surface area (Å²) in [4.78, 5) is 11.8. The van der Waals surface area contributed by atoms with Crippen LogP contribution in [0.3, 0.4) is 0 Å². The Kier molecular flexibility index (Phi) is 5.83. The third kappa shape index (κ3) is 4.78. The van der Waals surface area contributed by atoms with Crippen LogP contribution in [0.5, 0.6) is 0 Å². The molecule has 4 nitrogen and oxygen atoms in total. The van der Waals surface area contributed by atoms with Gasteiger partial charge in [0, 0.05) is 0 Å². The van der Waals surface area contributed by atoms with E-state index < -0.39 is 0 Å². The van der Waals surface area contributed by atoms with Gasteiger partial charge in [0.2, 0.25) is 5.91 Å². The highest BCUT2D eigenvalue weighted by Crippen LogP contribution is 2.23. The normalized spacial score (nSPS) is 22.5. The van der Waals surface area contributed by atoms with E-state index in [4.69, 9.17) is 11.6 Å². The molecule has 0 heterocycles. The Bertz CT molecular complexity index is 445. The van der Waals surface area contributed by atoms with E-state index in [9.17, 15) is 9.90 Å². The predicted molar refractivity (Wildman–Crippen MR) is 80.9 cm³/mol. The lowest BCUT2D eigenvalue weighted by Crippen LogP contribution is -2.33. The number of anilines is 1. The standard InChI is InChI=1S/C15H21ClN2O2/c16-13-3-1-2-4-14(13)18-15(20)10-17-9-11-5-7-12(19)8-6-11/h1-4,11-12,17,19H,5-10H2,(H,18,20). The van der Waals surface area contributed by atoms with Crippen LogP contribution in [0.25, 0.3) is 0 Å². The predicted octanol–water partition coefficient (Wildman–Crippen LogP) is 2.42. The van der Waals surface area contributed by atoms with Crippen LogP contribution in [-0.4, -0.2) is 30.2 Å². The topological polar surface area (TPSA) is 61.4 Å². The first kappa shape index (κ1) is 15.3. The Morgan fingerprint density at radius 1 is 1.25 bits per heavy atom. The Hall–Kier alpha value is -1.10. The molecule has 0 atom stereocenters. The number of rotatable bonds is 5. The average Bonchev–Trinajstić information content (AvgIpc) is 2.44. The molecule has 1 aromatic rings. The first-order valence-corrected chi connectivity index (χ1v) is 7.46. The summed E-state index contributed by atoms with van der Waals surface area (Å²) in [6.07, 6.45) is 3.67. The molecule has 1 fully saturated rings. The van der Waals surface area contributed by atoms with Crippen LogP contribution in [0.1, 0.15) is 25.7 Å². The quantitative estimate of drug-likeness (QED) is 0.782. The third-order valence-corrected chi connectivity index (χ3v) is 4.01. The number of para-hydroxylation sites is 1. The lowest BCUT2D eigenvalue weighted by molar-refractivity contribution is -0.115. The van der Waals surface area contributed by atoms with Gasteiger partial charge < -0.3 is 15.7 Å². The molecule has 3 N–H and O–H groups in total. The molecule has 0 unspecified atom stereocenters. The summed E-state index contributed by atoms with van der Waals surface area (Å²) in [6, 6.07) is 7.19. The molecule has 0 bridgehead atoms. The van der Waals surface area contributed by atoms with Crippen LogP contribution in [0.2, 0.25) is 5.02 Å². The van der Waals surface area contributed by atoms with Crippen molar-refractivity contribution in [3.05, 3.63) is 29.3 Å². The fourth-order valence-corrected chi connectivity index (χ4v) is 2.68. The number of nitrogens with one attached hydrogen (secondary N) is 2. The van der Waals surface area contributed by atoms with E-state index >= 15 is 0 Å². The SMILES string of the molecule is O=C(CNCC1CCC(O)CC1)Nc1ccccc1Cl. The molecule has 0 saturated heterocycles. The van der Waals surface area contributed by atoms with Gasteiger partial charge in [-0.25, -0.2) is 0 Å². The summed E-state index contributed by atoms with van der Waals surface area (Å²) >= 11 is 5.98. The zero-order valence-corrected chi connectivity index (χ0v) is 12.2. The molecule has 0 aromatic heterocycles. The minimum absolute atomic E-state index is 0.0889. The number of carbonyl (C=O) groups excluding carboxylic acids is 1. The molecule has 2 rings (SSSR count). The number of amides is 1. The van der Waals surface area contributed by atoms with Crippen molar-refractivity contribution in [1.29, 1.82) is 0 Å². The maximum atomic E-state index is 11.8. The van der Waals surface area contributed by atoms with Crippen molar-refractivity contribution in [2.24, 2.45) is 5.92 Å². The minimum atomic E-state index is -0.130. The van der Waals surface area contributed by atoms with Crippen molar-refractivity contribution in [3.63, 3.8) is 0 Å². The molecule has 1 saturated carbocycles. The molecule has 1 aromatic carbocycles.